The number of nitrogens with zero attached hydrogens (tertiary/aromatic N) is 1. The summed E-state index contributed by atoms with van der Waals surface area (Å²) < 4.78 is 5.30. The summed E-state index contributed by atoms with van der Waals surface area (Å²) in [6.07, 6.45) is 0. The third kappa shape index (κ3) is 4.49. The van der Waals surface area contributed by atoms with Gasteiger partial charge in [0.25, 0.3) is 5.91 Å². The lowest BCUT2D eigenvalue weighted by Gasteiger charge is -2.06. The largest absolute Gasteiger partial charge is 0.507 e. The molecule has 0 fully saturated rings. The van der Waals surface area contributed by atoms with E-state index in [1.807, 2.05) is 0 Å². The highest BCUT2D eigenvalue weighted by atomic mass is 35.5. The van der Waals surface area contributed by atoms with Crippen molar-refractivity contribution in [3.05, 3.63) is 59.1 Å². The van der Waals surface area contributed by atoms with Crippen molar-refractivity contribution in [3.8, 4) is 11.5 Å². The molecule has 2 aromatic rings. The molecular weight excluding hydrogens is 304 g/mol. The monoisotopic (exact) mass is 318 g/mol. The Bertz CT molecular complexity index is 701. The summed E-state index contributed by atoms with van der Waals surface area (Å²) in [7, 11) is 0. The first-order valence-corrected chi connectivity index (χ1v) is 6.94. The summed E-state index contributed by atoms with van der Waals surface area (Å²) in [5, 5.41) is 14.2. The lowest BCUT2D eigenvalue weighted by Crippen LogP contribution is -2.25. The molecule has 0 saturated carbocycles. The molecule has 2 N–H and O–H groups in total. The molecule has 0 aliphatic rings. The van der Waals surface area contributed by atoms with Gasteiger partial charge in [-0.1, -0.05) is 29.8 Å². The van der Waals surface area contributed by atoms with E-state index in [2.05, 4.69) is 10.5 Å². The smallest absolute Gasteiger partial charge is 0.277 e. The third-order valence-electron chi connectivity index (χ3n) is 2.81. The molecule has 22 heavy (non-hydrogen) atoms. The lowest BCUT2D eigenvalue weighted by atomic mass is 10.1. The normalized spacial score (nSPS) is 11.1. The highest BCUT2D eigenvalue weighted by Gasteiger charge is 2.05. The third-order valence-corrected chi connectivity index (χ3v) is 3.04. The van der Waals surface area contributed by atoms with Crippen LogP contribution in [-0.4, -0.2) is 23.3 Å². The quantitative estimate of drug-likeness (QED) is 0.657. The molecule has 6 heteroatoms. The predicted molar refractivity (Wildman–Crippen MR) is 85.4 cm³/mol. The number of hydrogen-bond donors (Lipinski definition) is 2. The fourth-order valence-electron chi connectivity index (χ4n) is 1.72. The number of hydrogen-bond acceptors (Lipinski definition) is 4. The van der Waals surface area contributed by atoms with Gasteiger partial charge < -0.3 is 9.84 Å². The van der Waals surface area contributed by atoms with Crippen molar-refractivity contribution in [2.24, 2.45) is 5.10 Å². The number of amides is 1. The second-order valence-electron chi connectivity index (χ2n) is 4.50. The summed E-state index contributed by atoms with van der Waals surface area (Å²) in [6.45, 7) is 1.51. The van der Waals surface area contributed by atoms with E-state index in [1.54, 1.807) is 55.5 Å². The molecule has 0 aliphatic heterocycles. The van der Waals surface area contributed by atoms with Crippen LogP contribution in [0.4, 0.5) is 0 Å². The van der Waals surface area contributed by atoms with Crippen molar-refractivity contribution >= 4 is 23.2 Å². The fourth-order valence-corrected chi connectivity index (χ4v) is 1.90. The number of halogens is 1. The molecule has 0 aromatic heterocycles. The van der Waals surface area contributed by atoms with E-state index < -0.39 is 5.91 Å². The molecule has 0 unspecified atom stereocenters. The van der Waals surface area contributed by atoms with E-state index in [4.69, 9.17) is 16.3 Å². The summed E-state index contributed by atoms with van der Waals surface area (Å²) in [6, 6.07) is 13.5. The zero-order chi connectivity index (χ0) is 15.9. The van der Waals surface area contributed by atoms with E-state index in [1.165, 1.54) is 0 Å². The number of para-hydroxylation sites is 1. The maximum atomic E-state index is 11.7. The van der Waals surface area contributed by atoms with Crippen LogP contribution in [0, 0.1) is 0 Å². The number of rotatable bonds is 5. The Balaban J connectivity index is 1.90. The van der Waals surface area contributed by atoms with Crippen LogP contribution < -0.4 is 10.2 Å². The first kappa shape index (κ1) is 15.9. The van der Waals surface area contributed by atoms with Gasteiger partial charge in [0.05, 0.1) is 5.71 Å². The number of aromatic hydroxyl groups is 1. The molecule has 0 aliphatic carbocycles. The van der Waals surface area contributed by atoms with Crippen molar-refractivity contribution in [1.29, 1.82) is 0 Å². The van der Waals surface area contributed by atoms with Crippen molar-refractivity contribution < 1.29 is 14.6 Å². The zero-order valence-corrected chi connectivity index (χ0v) is 12.7. The van der Waals surface area contributed by atoms with Gasteiger partial charge in [-0.3, -0.25) is 4.79 Å². The maximum Gasteiger partial charge on any atom is 0.277 e. The Morgan fingerprint density at radius 3 is 2.77 bits per heavy atom. The van der Waals surface area contributed by atoms with E-state index in [0.29, 0.717) is 22.0 Å². The Morgan fingerprint density at radius 2 is 2.05 bits per heavy atom. The molecule has 0 atom stereocenters. The van der Waals surface area contributed by atoms with Crippen LogP contribution >= 0.6 is 11.6 Å². The molecule has 2 aromatic carbocycles. The molecule has 0 bridgehead atoms. The van der Waals surface area contributed by atoms with Crippen molar-refractivity contribution in [3.63, 3.8) is 0 Å². The minimum atomic E-state index is -0.408. The van der Waals surface area contributed by atoms with Gasteiger partial charge in [-0.15, -0.1) is 0 Å². The summed E-state index contributed by atoms with van der Waals surface area (Å²) in [5.41, 5.74) is 3.42. The van der Waals surface area contributed by atoms with Gasteiger partial charge in [0.2, 0.25) is 0 Å². The number of benzene rings is 2. The average Bonchev–Trinajstić information content (AvgIpc) is 2.51. The highest BCUT2D eigenvalue weighted by Crippen LogP contribution is 2.17. The van der Waals surface area contributed by atoms with Gasteiger partial charge in [-0.05, 0) is 37.3 Å². The number of phenols is 1. The van der Waals surface area contributed by atoms with Crippen LogP contribution in [0.25, 0.3) is 0 Å². The van der Waals surface area contributed by atoms with Gasteiger partial charge in [0.1, 0.15) is 11.5 Å². The molecule has 0 radical (unpaired) electrons. The van der Waals surface area contributed by atoms with Gasteiger partial charge in [-0.2, -0.15) is 5.10 Å². The first-order valence-electron chi connectivity index (χ1n) is 6.56. The van der Waals surface area contributed by atoms with E-state index >= 15 is 0 Å². The molecule has 1 amide bonds. The second-order valence-corrected chi connectivity index (χ2v) is 4.93. The van der Waals surface area contributed by atoms with Crippen LogP contribution in [0.1, 0.15) is 12.5 Å². The number of carbonyl (C=O) groups is 1. The summed E-state index contributed by atoms with van der Waals surface area (Å²) >= 11 is 5.82. The van der Waals surface area contributed by atoms with Crippen LogP contribution in [0.5, 0.6) is 11.5 Å². The van der Waals surface area contributed by atoms with Crippen LogP contribution in [0.15, 0.2) is 53.6 Å². The van der Waals surface area contributed by atoms with Crippen LogP contribution in [0.3, 0.4) is 0 Å². The maximum absolute atomic E-state index is 11.7. The Morgan fingerprint density at radius 1 is 1.27 bits per heavy atom. The number of ether oxygens (including phenoxy) is 1. The summed E-state index contributed by atoms with van der Waals surface area (Å²) in [4.78, 5) is 11.7. The Kier molecular flexibility index (Phi) is 5.38. The molecular formula is C16H15ClN2O3. The van der Waals surface area contributed by atoms with E-state index in [9.17, 15) is 9.90 Å². The number of carbonyl (C=O) groups excluding carboxylic acids is 1. The van der Waals surface area contributed by atoms with E-state index in [-0.39, 0.29) is 12.4 Å². The molecule has 5 nitrogen and oxygen atoms in total. The Labute approximate surface area is 133 Å². The topological polar surface area (TPSA) is 70.9 Å². The lowest BCUT2D eigenvalue weighted by molar-refractivity contribution is -0.123. The predicted octanol–water partition coefficient (Wildman–Crippen LogP) is 2.96. The molecule has 0 heterocycles. The van der Waals surface area contributed by atoms with Gasteiger partial charge in [-0.25, -0.2) is 5.43 Å². The minimum Gasteiger partial charge on any atom is -0.507 e. The fraction of sp³-hybridized carbons (Fsp3) is 0.125. The zero-order valence-electron chi connectivity index (χ0n) is 11.9. The SMILES string of the molecule is CC(=NNC(=O)COc1cccc(Cl)c1)c1ccccc1O. The van der Waals surface area contributed by atoms with Gasteiger partial charge in [0.15, 0.2) is 6.61 Å². The average molecular weight is 319 g/mol. The van der Waals surface area contributed by atoms with Crippen molar-refractivity contribution in [1.82, 2.24) is 5.43 Å². The van der Waals surface area contributed by atoms with Crippen molar-refractivity contribution in [2.75, 3.05) is 6.61 Å². The standard InChI is InChI=1S/C16H15ClN2O3/c1-11(14-7-2-3-8-15(14)20)18-19-16(21)10-22-13-6-4-5-12(17)9-13/h2-9,20H,10H2,1H3,(H,19,21). The Hall–Kier alpha value is -2.53. The summed E-state index contributed by atoms with van der Waals surface area (Å²) in [5.74, 6) is 0.201. The number of phenolic OH excluding ortho intramolecular Hbond substituents is 1. The first-order chi connectivity index (χ1) is 10.6. The minimum absolute atomic E-state index is 0.105. The number of nitrogens with one attached hydrogen (secondary N) is 1. The molecule has 2 rings (SSSR count). The molecule has 114 valence electrons. The van der Waals surface area contributed by atoms with Gasteiger partial charge in [0, 0.05) is 10.6 Å². The molecule has 0 saturated heterocycles. The van der Waals surface area contributed by atoms with Crippen LogP contribution in [-0.2, 0) is 4.79 Å². The van der Waals surface area contributed by atoms with Crippen LogP contribution in [0.2, 0.25) is 5.02 Å². The highest BCUT2D eigenvalue weighted by molar-refractivity contribution is 6.30. The molecule has 0 spiro atoms. The second kappa shape index (κ2) is 7.47. The van der Waals surface area contributed by atoms with E-state index in [0.717, 1.165) is 0 Å². The van der Waals surface area contributed by atoms with Crippen molar-refractivity contribution in [2.45, 2.75) is 6.92 Å². The van der Waals surface area contributed by atoms with Gasteiger partial charge >= 0.3 is 0 Å². The number of hydrazone groups is 1.